The first-order valence-electron chi connectivity index (χ1n) is 8.95. The van der Waals surface area contributed by atoms with Crippen LogP contribution < -0.4 is 5.32 Å². The zero-order valence-corrected chi connectivity index (χ0v) is 13.0. The van der Waals surface area contributed by atoms with E-state index in [1.54, 1.807) is 0 Å². The third-order valence-electron chi connectivity index (χ3n) is 6.26. The number of carbonyl (C=O) groups is 1. The zero-order chi connectivity index (χ0) is 14.3. The fraction of sp³-hybridized carbons (Fsp3) is 0.941. The Morgan fingerprint density at radius 2 is 2.00 bits per heavy atom. The van der Waals surface area contributed by atoms with E-state index in [4.69, 9.17) is 4.74 Å². The fourth-order valence-corrected chi connectivity index (χ4v) is 5.13. The number of hydrogen-bond acceptors (Lipinski definition) is 2. The molecule has 2 saturated heterocycles. The maximum absolute atomic E-state index is 12.5. The van der Waals surface area contributed by atoms with Crippen molar-refractivity contribution >= 4 is 6.03 Å². The van der Waals surface area contributed by atoms with Crippen LogP contribution in [0.15, 0.2) is 0 Å². The maximum atomic E-state index is 12.5. The SMILES string of the molecule is O=C(NC1CCOC2(CCCCC2)C1)N1CC2CCC1C2. The zero-order valence-electron chi connectivity index (χ0n) is 13.0. The molecule has 2 saturated carbocycles. The standard InChI is InChI=1S/C17H28N2O2/c20-16(19-12-13-4-5-15(19)10-13)18-14-6-9-21-17(11-14)7-2-1-3-8-17/h13-15H,1-12H2,(H,18,20). The van der Waals surface area contributed by atoms with Gasteiger partial charge in [0.1, 0.15) is 0 Å². The average molecular weight is 292 g/mol. The summed E-state index contributed by atoms with van der Waals surface area (Å²) in [4.78, 5) is 14.7. The van der Waals surface area contributed by atoms with Gasteiger partial charge in [-0.05, 0) is 50.9 Å². The molecule has 1 N–H and O–H groups in total. The quantitative estimate of drug-likeness (QED) is 0.807. The number of nitrogens with zero attached hydrogens (tertiary/aromatic N) is 1. The highest BCUT2D eigenvalue weighted by Gasteiger charge is 2.42. The molecule has 4 rings (SSSR count). The lowest BCUT2D eigenvalue weighted by atomic mass is 9.78. The Bertz CT molecular complexity index is 400. The Balaban J connectivity index is 1.35. The van der Waals surface area contributed by atoms with Gasteiger partial charge < -0.3 is 15.0 Å². The van der Waals surface area contributed by atoms with E-state index in [2.05, 4.69) is 10.2 Å². The first kappa shape index (κ1) is 13.9. The maximum Gasteiger partial charge on any atom is 0.317 e. The Morgan fingerprint density at radius 1 is 1.14 bits per heavy atom. The highest BCUT2D eigenvalue weighted by Crippen LogP contribution is 2.39. The van der Waals surface area contributed by atoms with Gasteiger partial charge in [-0.3, -0.25) is 0 Å². The molecule has 2 heterocycles. The molecule has 4 heteroatoms. The number of carbonyl (C=O) groups excluding carboxylic acids is 1. The molecule has 2 amide bonds. The average Bonchev–Trinajstić information content (AvgIpc) is 3.11. The second-order valence-corrected chi connectivity index (χ2v) is 7.72. The molecule has 4 fully saturated rings. The number of piperidine rings is 1. The third-order valence-corrected chi connectivity index (χ3v) is 6.26. The molecule has 2 aliphatic heterocycles. The summed E-state index contributed by atoms with van der Waals surface area (Å²) in [5, 5.41) is 3.32. The van der Waals surface area contributed by atoms with E-state index in [9.17, 15) is 4.79 Å². The number of hydrogen-bond donors (Lipinski definition) is 1. The molecule has 2 bridgehead atoms. The highest BCUT2D eigenvalue weighted by molar-refractivity contribution is 5.75. The monoisotopic (exact) mass is 292 g/mol. The lowest BCUT2D eigenvalue weighted by molar-refractivity contribution is -0.108. The predicted octanol–water partition coefficient (Wildman–Crippen LogP) is 3.06. The van der Waals surface area contributed by atoms with Crippen LogP contribution in [0.3, 0.4) is 0 Å². The summed E-state index contributed by atoms with van der Waals surface area (Å²) in [6, 6.07) is 1.04. The van der Waals surface area contributed by atoms with Crippen molar-refractivity contribution in [2.45, 2.75) is 81.9 Å². The van der Waals surface area contributed by atoms with Gasteiger partial charge >= 0.3 is 6.03 Å². The van der Waals surface area contributed by atoms with Crippen molar-refractivity contribution in [1.29, 1.82) is 0 Å². The molecule has 0 aromatic carbocycles. The minimum atomic E-state index is 0.0818. The second-order valence-electron chi connectivity index (χ2n) is 7.72. The molecule has 3 atom stereocenters. The summed E-state index contributed by atoms with van der Waals surface area (Å²) in [6.07, 6.45) is 12.1. The fourth-order valence-electron chi connectivity index (χ4n) is 5.13. The van der Waals surface area contributed by atoms with Gasteiger partial charge in [-0.15, -0.1) is 0 Å². The number of likely N-dealkylation sites (tertiary alicyclic amines) is 1. The lowest BCUT2D eigenvalue weighted by Gasteiger charge is -2.44. The van der Waals surface area contributed by atoms with Crippen molar-refractivity contribution in [3.05, 3.63) is 0 Å². The van der Waals surface area contributed by atoms with Crippen LogP contribution in [0.5, 0.6) is 0 Å². The second kappa shape index (κ2) is 5.45. The Hall–Kier alpha value is -0.770. The molecular formula is C17H28N2O2. The number of ether oxygens (including phenoxy) is 1. The van der Waals surface area contributed by atoms with Crippen LogP contribution in [0.25, 0.3) is 0 Å². The van der Waals surface area contributed by atoms with E-state index < -0.39 is 0 Å². The van der Waals surface area contributed by atoms with Crippen molar-refractivity contribution in [2.24, 2.45) is 5.92 Å². The summed E-state index contributed by atoms with van der Waals surface area (Å²) in [5.41, 5.74) is 0.0818. The molecule has 4 nitrogen and oxygen atoms in total. The number of amides is 2. The summed E-state index contributed by atoms with van der Waals surface area (Å²) >= 11 is 0. The van der Waals surface area contributed by atoms with Crippen LogP contribution in [0.4, 0.5) is 4.79 Å². The van der Waals surface area contributed by atoms with Crippen LogP contribution in [0, 0.1) is 5.92 Å². The van der Waals surface area contributed by atoms with Crippen molar-refractivity contribution < 1.29 is 9.53 Å². The van der Waals surface area contributed by atoms with Gasteiger partial charge in [-0.1, -0.05) is 19.3 Å². The Morgan fingerprint density at radius 3 is 2.71 bits per heavy atom. The third kappa shape index (κ3) is 2.67. The summed E-state index contributed by atoms with van der Waals surface area (Å²) < 4.78 is 6.13. The number of nitrogens with one attached hydrogen (secondary N) is 1. The van der Waals surface area contributed by atoms with Gasteiger partial charge in [0.2, 0.25) is 0 Å². The lowest BCUT2D eigenvalue weighted by Crippen LogP contribution is -2.53. The summed E-state index contributed by atoms with van der Waals surface area (Å²) in [7, 11) is 0. The topological polar surface area (TPSA) is 41.6 Å². The number of urea groups is 1. The minimum Gasteiger partial charge on any atom is -0.375 e. The molecule has 0 radical (unpaired) electrons. The van der Waals surface area contributed by atoms with Crippen LogP contribution in [0.1, 0.15) is 64.2 Å². The van der Waals surface area contributed by atoms with E-state index in [0.29, 0.717) is 12.1 Å². The molecule has 0 aromatic heterocycles. The summed E-state index contributed by atoms with van der Waals surface area (Å²) in [5.74, 6) is 0.778. The smallest absolute Gasteiger partial charge is 0.317 e. The molecule has 1 spiro atoms. The minimum absolute atomic E-state index is 0.0818. The molecule has 2 aliphatic carbocycles. The van der Waals surface area contributed by atoms with E-state index in [1.807, 2.05) is 0 Å². The van der Waals surface area contributed by atoms with Crippen LogP contribution in [0.2, 0.25) is 0 Å². The molecule has 21 heavy (non-hydrogen) atoms. The molecule has 118 valence electrons. The van der Waals surface area contributed by atoms with Crippen molar-refractivity contribution in [3.8, 4) is 0 Å². The van der Waals surface area contributed by atoms with Gasteiger partial charge in [-0.25, -0.2) is 4.79 Å². The summed E-state index contributed by atoms with van der Waals surface area (Å²) in [6.45, 7) is 1.81. The highest BCUT2D eigenvalue weighted by atomic mass is 16.5. The first-order chi connectivity index (χ1) is 10.2. The molecule has 4 aliphatic rings. The first-order valence-corrected chi connectivity index (χ1v) is 8.95. The van der Waals surface area contributed by atoms with Crippen molar-refractivity contribution in [1.82, 2.24) is 10.2 Å². The van der Waals surface area contributed by atoms with Crippen molar-refractivity contribution in [2.75, 3.05) is 13.2 Å². The van der Waals surface area contributed by atoms with Crippen LogP contribution in [-0.2, 0) is 4.74 Å². The Labute approximate surface area is 127 Å². The van der Waals surface area contributed by atoms with Crippen LogP contribution >= 0.6 is 0 Å². The van der Waals surface area contributed by atoms with E-state index in [1.165, 1.54) is 51.4 Å². The van der Waals surface area contributed by atoms with E-state index in [-0.39, 0.29) is 11.6 Å². The number of fused-ring (bicyclic) bond motifs is 2. The van der Waals surface area contributed by atoms with E-state index in [0.717, 1.165) is 31.9 Å². The van der Waals surface area contributed by atoms with Crippen LogP contribution in [-0.4, -0.2) is 41.8 Å². The van der Waals surface area contributed by atoms with Gasteiger partial charge in [-0.2, -0.15) is 0 Å². The van der Waals surface area contributed by atoms with Crippen molar-refractivity contribution in [3.63, 3.8) is 0 Å². The Kier molecular flexibility index (Phi) is 3.60. The molecule has 0 aromatic rings. The van der Waals surface area contributed by atoms with Gasteiger partial charge in [0.25, 0.3) is 0 Å². The molecular weight excluding hydrogens is 264 g/mol. The van der Waals surface area contributed by atoms with Gasteiger partial charge in [0.05, 0.1) is 5.60 Å². The van der Waals surface area contributed by atoms with Gasteiger partial charge in [0.15, 0.2) is 0 Å². The van der Waals surface area contributed by atoms with Gasteiger partial charge in [0, 0.05) is 25.2 Å². The number of rotatable bonds is 1. The molecule has 3 unspecified atom stereocenters. The van der Waals surface area contributed by atoms with E-state index >= 15 is 0 Å². The predicted molar refractivity (Wildman–Crippen MR) is 81.2 cm³/mol. The largest absolute Gasteiger partial charge is 0.375 e. The normalized spacial score (nSPS) is 37.9.